The van der Waals surface area contributed by atoms with Gasteiger partial charge in [0.25, 0.3) is 5.91 Å². The second kappa shape index (κ2) is 5.87. The highest BCUT2D eigenvalue weighted by Crippen LogP contribution is 2.44. The number of rotatable bonds is 4. The molecule has 0 saturated heterocycles. The quantitative estimate of drug-likeness (QED) is 0.685. The van der Waals surface area contributed by atoms with Gasteiger partial charge in [-0.3, -0.25) is 9.59 Å². The minimum atomic E-state index is -1.09. The van der Waals surface area contributed by atoms with Crippen molar-refractivity contribution in [3.8, 4) is 0 Å². The summed E-state index contributed by atoms with van der Waals surface area (Å²) in [4.78, 5) is 27.4. The zero-order chi connectivity index (χ0) is 14.8. The number of nitrogens with zero attached hydrogens (tertiary/aromatic N) is 1. The van der Waals surface area contributed by atoms with Crippen LogP contribution in [0.4, 0.5) is 5.69 Å². The Hall–Kier alpha value is -1.49. The predicted octanol–water partition coefficient (Wildman–Crippen LogP) is 2.43. The number of nitrogens with one attached hydrogen (secondary N) is 1. The first-order valence-electron chi connectivity index (χ1n) is 6.85. The molecule has 1 atom stereocenters. The van der Waals surface area contributed by atoms with Crippen molar-refractivity contribution in [2.24, 2.45) is 0 Å². The summed E-state index contributed by atoms with van der Waals surface area (Å²) in [6, 6.07) is 7.66. The molecule has 5 heteroatoms. The number of hydrogen-bond donors (Lipinski definition) is 1. The summed E-state index contributed by atoms with van der Waals surface area (Å²) in [7, 11) is 1.72. The Morgan fingerprint density at radius 2 is 2.10 bits per heavy atom. The molecule has 0 aliphatic carbocycles. The number of fused-ring (bicyclic) bond motifs is 1. The van der Waals surface area contributed by atoms with Crippen LogP contribution in [0.3, 0.4) is 0 Å². The number of para-hydroxylation sites is 1. The van der Waals surface area contributed by atoms with Gasteiger partial charge in [0.1, 0.15) is 0 Å². The van der Waals surface area contributed by atoms with E-state index in [-0.39, 0.29) is 11.8 Å². The van der Waals surface area contributed by atoms with Crippen molar-refractivity contribution in [2.45, 2.75) is 36.3 Å². The maximum absolute atomic E-state index is 12.5. The van der Waals surface area contributed by atoms with Gasteiger partial charge in [-0.15, -0.1) is 0 Å². The van der Waals surface area contributed by atoms with Gasteiger partial charge in [0, 0.05) is 18.5 Å². The molecule has 1 N–H and O–H groups in total. The van der Waals surface area contributed by atoms with Gasteiger partial charge in [0.05, 0.1) is 5.69 Å². The molecule has 1 unspecified atom stereocenters. The van der Waals surface area contributed by atoms with Gasteiger partial charge >= 0.3 is 0 Å². The van der Waals surface area contributed by atoms with Crippen LogP contribution in [0, 0.1) is 0 Å². The van der Waals surface area contributed by atoms with E-state index in [0.29, 0.717) is 6.54 Å². The van der Waals surface area contributed by atoms with Gasteiger partial charge < -0.3 is 10.2 Å². The zero-order valence-corrected chi connectivity index (χ0v) is 12.9. The molecule has 4 nitrogen and oxygen atoms in total. The van der Waals surface area contributed by atoms with Gasteiger partial charge in [-0.2, -0.15) is 0 Å². The summed E-state index contributed by atoms with van der Waals surface area (Å²) in [5.74, 6) is -0.377. The maximum Gasteiger partial charge on any atom is 0.252 e. The molecule has 1 aromatic carbocycles. The molecule has 0 saturated carbocycles. The van der Waals surface area contributed by atoms with Gasteiger partial charge in [-0.25, -0.2) is 0 Å². The maximum atomic E-state index is 12.5. The Morgan fingerprint density at radius 1 is 1.40 bits per heavy atom. The number of unbranched alkanes of at least 4 members (excludes halogenated alkanes) is 1. The van der Waals surface area contributed by atoms with E-state index in [2.05, 4.69) is 12.2 Å². The summed E-state index contributed by atoms with van der Waals surface area (Å²) in [6.07, 6.45) is 1.94. The zero-order valence-electron chi connectivity index (χ0n) is 12.1. The number of hydrogen-bond acceptors (Lipinski definition) is 3. The normalized spacial score (nSPS) is 21.6. The lowest BCUT2D eigenvalue weighted by Gasteiger charge is -2.36. The molecule has 0 radical (unpaired) electrons. The van der Waals surface area contributed by atoms with Gasteiger partial charge in [-0.05, 0) is 25.5 Å². The first-order chi connectivity index (χ1) is 9.50. The second-order valence-corrected chi connectivity index (χ2v) is 6.54. The van der Waals surface area contributed by atoms with Crippen LogP contribution in [0.1, 0.15) is 26.7 Å². The SMILES string of the molecule is CCCCNC(=O)C1(C)Sc2ccccc2N(C)C1=O. The molecule has 0 spiro atoms. The number of carbonyl (C=O) groups excluding carboxylic acids is 2. The number of benzene rings is 1. The number of amides is 2. The fourth-order valence-corrected chi connectivity index (χ4v) is 3.49. The Balaban J connectivity index is 2.24. The first kappa shape index (κ1) is 14.9. The lowest BCUT2D eigenvalue weighted by molar-refractivity contribution is -0.131. The van der Waals surface area contributed by atoms with Crippen molar-refractivity contribution in [1.82, 2.24) is 5.32 Å². The Kier molecular flexibility index (Phi) is 4.38. The summed E-state index contributed by atoms with van der Waals surface area (Å²) < 4.78 is -1.09. The fraction of sp³-hybridized carbons (Fsp3) is 0.467. The van der Waals surface area contributed by atoms with E-state index >= 15 is 0 Å². The molecule has 1 aromatic rings. The Labute approximate surface area is 123 Å². The summed E-state index contributed by atoms with van der Waals surface area (Å²) in [6.45, 7) is 4.39. The summed E-state index contributed by atoms with van der Waals surface area (Å²) >= 11 is 1.33. The van der Waals surface area contributed by atoms with Crippen molar-refractivity contribution in [1.29, 1.82) is 0 Å². The van der Waals surface area contributed by atoms with E-state index in [4.69, 9.17) is 0 Å². The predicted molar refractivity (Wildman–Crippen MR) is 82.0 cm³/mol. The molecular weight excluding hydrogens is 272 g/mol. The van der Waals surface area contributed by atoms with Crippen molar-refractivity contribution >= 4 is 29.3 Å². The van der Waals surface area contributed by atoms with Crippen LogP contribution in [-0.2, 0) is 9.59 Å². The third kappa shape index (κ3) is 2.54. The molecule has 0 bridgehead atoms. The molecule has 1 aliphatic rings. The van der Waals surface area contributed by atoms with Crippen molar-refractivity contribution in [3.05, 3.63) is 24.3 Å². The van der Waals surface area contributed by atoms with Crippen LogP contribution in [0.5, 0.6) is 0 Å². The molecule has 2 amide bonds. The fourth-order valence-electron chi connectivity index (χ4n) is 2.20. The van der Waals surface area contributed by atoms with E-state index in [1.165, 1.54) is 11.8 Å². The number of anilines is 1. The lowest BCUT2D eigenvalue weighted by atomic mass is 10.1. The highest BCUT2D eigenvalue weighted by atomic mass is 32.2. The monoisotopic (exact) mass is 292 g/mol. The van der Waals surface area contributed by atoms with E-state index in [1.807, 2.05) is 24.3 Å². The number of thioether (sulfide) groups is 1. The largest absolute Gasteiger partial charge is 0.354 e. The Bertz CT molecular complexity index is 532. The van der Waals surface area contributed by atoms with Crippen LogP contribution in [0.15, 0.2) is 29.2 Å². The number of carbonyl (C=O) groups is 2. The minimum absolute atomic E-state index is 0.171. The molecule has 1 heterocycles. The topological polar surface area (TPSA) is 49.4 Å². The molecule has 2 rings (SSSR count). The summed E-state index contributed by atoms with van der Waals surface area (Å²) in [5.41, 5.74) is 0.862. The highest BCUT2D eigenvalue weighted by molar-refractivity contribution is 8.02. The van der Waals surface area contributed by atoms with E-state index in [0.717, 1.165) is 23.4 Å². The summed E-state index contributed by atoms with van der Waals surface area (Å²) in [5, 5.41) is 2.87. The standard InChI is InChI=1S/C15H20N2O2S/c1-4-5-10-16-13(18)15(2)14(19)17(3)11-8-6-7-9-12(11)20-15/h6-9H,4-5,10H2,1-3H3,(H,16,18). The van der Waals surface area contributed by atoms with Crippen LogP contribution < -0.4 is 10.2 Å². The van der Waals surface area contributed by atoms with E-state index < -0.39 is 4.75 Å². The van der Waals surface area contributed by atoms with Gasteiger partial charge in [-0.1, -0.05) is 37.2 Å². The lowest BCUT2D eigenvalue weighted by Crippen LogP contribution is -2.55. The van der Waals surface area contributed by atoms with Gasteiger partial charge in [0.2, 0.25) is 5.91 Å². The molecule has 0 fully saturated rings. The minimum Gasteiger partial charge on any atom is -0.354 e. The van der Waals surface area contributed by atoms with Crippen LogP contribution >= 0.6 is 11.8 Å². The van der Waals surface area contributed by atoms with Crippen molar-refractivity contribution in [2.75, 3.05) is 18.5 Å². The van der Waals surface area contributed by atoms with Crippen LogP contribution in [0.25, 0.3) is 0 Å². The van der Waals surface area contributed by atoms with Crippen molar-refractivity contribution in [3.63, 3.8) is 0 Å². The van der Waals surface area contributed by atoms with E-state index in [1.54, 1.807) is 18.9 Å². The van der Waals surface area contributed by atoms with Gasteiger partial charge in [0.15, 0.2) is 4.75 Å². The first-order valence-corrected chi connectivity index (χ1v) is 7.67. The van der Waals surface area contributed by atoms with E-state index in [9.17, 15) is 9.59 Å². The molecular formula is C15H20N2O2S. The molecule has 0 aromatic heterocycles. The average Bonchev–Trinajstić information content (AvgIpc) is 2.45. The second-order valence-electron chi connectivity index (χ2n) is 5.08. The average molecular weight is 292 g/mol. The van der Waals surface area contributed by atoms with Crippen LogP contribution in [0.2, 0.25) is 0 Å². The molecule has 1 aliphatic heterocycles. The smallest absolute Gasteiger partial charge is 0.252 e. The highest BCUT2D eigenvalue weighted by Gasteiger charge is 2.47. The molecule has 20 heavy (non-hydrogen) atoms. The third-order valence-corrected chi connectivity index (χ3v) is 4.84. The third-order valence-electron chi connectivity index (χ3n) is 3.50. The van der Waals surface area contributed by atoms with Crippen LogP contribution in [-0.4, -0.2) is 30.2 Å². The van der Waals surface area contributed by atoms with Crippen molar-refractivity contribution < 1.29 is 9.59 Å². The Morgan fingerprint density at radius 3 is 2.80 bits per heavy atom. The molecule has 108 valence electrons.